The third-order valence-electron chi connectivity index (χ3n) is 4.10. The number of rotatable bonds is 4. The first-order valence-electron chi connectivity index (χ1n) is 7.27. The van der Waals surface area contributed by atoms with Crippen LogP contribution < -0.4 is 0 Å². The lowest BCUT2D eigenvalue weighted by Crippen LogP contribution is -2.37. The number of nitrogens with zero attached hydrogens (tertiary/aromatic N) is 2. The van der Waals surface area contributed by atoms with Crippen molar-refractivity contribution in [2.45, 2.75) is 44.8 Å². The number of hydrogen-bond acceptors (Lipinski definition) is 3. The van der Waals surface area contributed by atoms with Crippen molar-refractivity contribution in [3.8, 4) is 0 Å². The van der Waals surface area contributed by atoms with Gasteiger partial charge in [0.05, 0.1) is 11.7 Å². The molecule has 2 saturated heterocycles. The molecule has 2 heterocycles. The van der Waals surface area contributed by atoms with Crippen molar-refractivity contribution >= 4 is 15.9 Å². The Balaban J connectivity index is 1.74. The maximum absolute atomic E-state index is 6.10. The minimum Gasteiger partial charge on any atom is -0.371 e. The Labute approximate surface area is 120 Å². The summed E-state index contributed by atoms with van der Waals surface area (Å²) >= 11 is 3.53. The smallest absolute Gasteiger partial charge is 0.0710 e. The standard InChI is InChI=1S/C14H27BrN2O/c1-14(2)5-4-13(18-14)12-17-8-3-7-16(9-6-15)10-11-17/h13H,3-12H2,1-2H3. The van der Waals surface area contributed by atoms with E-state index in [4.69, 9.17) is 4.74 Å². The second-order valence-electron chi connectivity index (χ2n) is 6.22. The molecule has 0 aliphatic carbocycles. The van der Waals surface area contributed by atoms with Crippen LogP contribution in [0.25, 0.3) is 0 Å². The second-order valence-corrected chi connectivity index (χ2v) is 7.02. The van der Waals surface area contributed by atoms with Crippen LogP contribution in [-0.4, -0.2) is 66.1 Å². The second kappa shape index (κ2) is 6.69. The van der Waals surface area contributed by atoms with Crippen LogP contribution in [0.4, 0.5) is 0 Å². The zero-order valence-electron chi connectivity index (χ0n) is 11.8. The fourth-order valence-electron chi connectivity index (χ4n) is 3.04. The van der Waals surface area contributed by atoms with Crippen molar-refractivity contribution in [2.75, 3.05) is 44.6 Å². The minimum atomic E-state index is 0.110. The molecule has 1 atom stereocenters. The number of ether oxygens (including phenoxy) is 1. The van der Waals surface area contributed by atoms with E-state index in [1.165, 1.54) is 52.0 Å². The molecule has 0 aromatic heterocycles. The summed E-state index contributed by atoms with van der Waals surface area (Å²) in [5.74, 6) is 0. The van der Waals surface area contributed by atoms with Gasteiger partial charge in [0.2, 0.25) is 0 Å². The summed E-state index contributed by atoms with van der Waals surface area (Å²) in [6.07, 6.45) is 4.20. The van der Waals surface area contributed by atoms with E-state index in [1.54, 1.807) is 0 Å². The minimum absolute atomic E-state index is 0.110. The SMILES string of the molecule is CC1(C)CCC(CN2CCCN(CCBr)CC2)O1. The highest BCUT2D eigenvalue weighted by atomic mass is 79.9. The average Bonchev–Trinajstić information content (AvgIpc) is 2.51. The van der Waals surface area contributed by atoms with Gasteiger partial charge in [0, 0.05) is 31.5 Å². The number of alkyl halides is 1. The normalized spacial score (nSPS) is 30.5. The van der Waals surface area contributed by atoms with Crippen LogP contribution in [-0.2, 0) is 4.74 Å². The van der Waals surface area contributed by atoms with Gasteiger partial charge < -0.3 is 9.64 Å². The van der Waals surface area contributed by atoms with E-state index in [-0.39, 0.29) is 5.60 Å². The lowest BCUT2D eigenvalue weighted by Gasteiger charge is -2.26. The Morgan fingerprint density at radius 1 is 1.17 bits per heavy atom. The van der Waals surface area contributed by atoms with Gasteiger partial charge in [-0.3, -0.25) is 4.90 Å². The Bertz CT molecular complexity index is 260. The Kier molecular flexibility index (Phi) is 5.48. The van der Waals surface area contributed by atoms with Gasteiger partial charge in [-0.1, -0.05) is 15.9 Å². The predicted molar refractivity (Wildman–Crippen MR) is 79.5 cm³/mol. The van der Waals surface area contributed by atoms with Crippen molar-refractivity contribution in [1.29, 1.82) is 0 Å². The molecule has 0 spiro atoms. The quantitative estimate of drug-likeness (QED) is 0.740. The molecule has 1 unspecified atom stereocenters. The van der Waals surface area contributed by atoms with E-state index in [2.05, 4.69) is 39.6 Å². The number of halogens is 1. The van der Waals surface area contributed by atoms with Gasteiger partial charge in [-0.25, -0.2) is 0 Å². The molecular weight excluding hydrogens is 292 g/mol. The van der Waals surface area contributed by atoms with Gasteiger partial charge in [-0.15, -0.1) is 0 Å². The molecule has 0 saturated carbocycles. The van der Waals surface area contributed by atoms with Gasteiger partial charge in [0.25, 0.3) is 0 Å². The third kappa shape index (κ3) is 4.48. The van der Waals surface area contributed by atoms with Crippen molar-refractivity contribution in [3.63, 3.8) is 0 Å². The van der Waals surface area contributed by atoms with E-state index in [0.29, 0.717) is 6.10 Å². The van der Waals surface area contributed by atoms with Crippen LogP contribution >= 0.6 is 15.9 Å². The largest absolute Gasteiger partial charge is 0.371 e. The molecule has 2 aliphatic heterocycles. The van der Waals surface area contributed by atoms with E-state index in [1.807, 2.05) is 0 Å². The molecule has 0 amide bonds. The Hall–Kier alpha value is 0.360. The van der Waals surface area contributed by atoms with Crippen LogP contribution in [0.2, 0.25) is 0 Å². The first-order chi connectivity index (χ1) is 8.59. The molecule has 2 fully saturated rings. The van der Waals surface area contributed by atoms with Gasteiger partial charge in [0.1, 0.15) is 0 Å². The van der Waals surface area contributed by atoms with Gasteiger partial charge in [-0.05, 0) is 46.2 Å². The highest BCUT2D eigenvalue weighted by molar-refractivity contribution is 9.09. The fourth-order valence-corrected chi connectivity index (χ4v) is 3.55. The van der Waals surface area contributed by atoms with Crippen LogP contribution in [0.1, 0.15) is 33.1 Å². The lowest BCUT2D eigenvalue weighted by molar-refractivity contribution is -0.0281. The summed E-state index contributed by atoms with van der Waals surface area (Å²) in [5, 5.41) is 1.09. The van der Waals surface area contributed by atoms with Crippen molar-refractivity contribution in [2.24, 2.45) is 0 Å². The zero-order valence-corrected chi connectivity index (χ0v) is 13.4. The summed E-state index contributed by atoms with van der Waals surface area (Å²) in [7, 11) is 0. The molecule has 0 aromatic rings. The summed E-state index contributed by atoms with van der Waals surface area (Å²) in [5.41, 5.74) is 0.110. The maximum Gasteiger partial charge on any atom is 0.0710 e. The Morgan fingerprint density at radius 2 is 1.89 bits per heavy atom. The lowest BCUT2D eigenvalue weighted by atomic mass is 10.1. The molecule has 0 radical (unpaired) electrons. The summed E-state index contributed by atoms with van der Waals surface area (Å²) in [6.45, 7) is 11.6. The van der Waals surface area contributed by atoms with E-state index < -0.39 is 0 Å². The third-order valence-corrected chi connectivity index (χ3v) is 4.45. The van der Waals surface area contributed by atoms with E-state index in [9.17, 15) is 0 Å². The van der Waals surface area contributed by atoms with Crippen LogP contribution in [0.3, 0.4) is 0 Å². The van der Waals surface area contributed by atoms with Gasteiger partial charge in [-0.2, -0.15) is 0 Å². The van der Waals surface area contributed by atoms with Gasteiger partial charge in [0.15, 0.2) is 0 Å². The fraction of sp³-hybridized carbons (Fsp3) is 1.00. The number of hydrogen-bond donors (Lipinski definition) is 0. The first-order valence-corrected chi connectivity index (χ1v) is 8.40. The maximum atomic E-state index is 6.10. The van der Waals surface area contributed by atoms with Gasteiger partial charge >= 0.3 is 0 Å². The molecule has 2 aliphatic rings. The molecule has 0 aromatic carbocycles. The molecule has 3 nitrogen and oxygen atoms in total. The van der Waals surface area contributed by atoms with Crippen molar-refractivity contribution in [1.82, 2.24) is 9.80 Å². The topological polar surface area (TPSA) is 15.7 Å². The summed E-state index contributed by atoms with van der Waals surface area (Å²) in [4.78, 5) is 5.16. The van der Waals surface area contributed by atoms with E-state index in [0.717, 1.165) is 11.9 Å². The predicted octanol–water partition coefficient (Wildman–Crippen LogP) is 2.35. The van der Waals surface area contributed by atoms with Crippen molar-refractivity contribution in [3.05, 3.63) is 0 Å². The molecule has 2 rings (SSSR count). The molecule has 18 heavy (non-hydrogen) atoms. The average molecular weight is 319 g/mol. The monoisotopic (exact) mass is 318 g/mol. The van der Waals surface area contributed by atoms with Crippen molar-refractivity contribution < 1.29 is 4.74 Å². The molecule has 0 bridgehead atoms. The summed E-state index contributed by atoms with van der Waals surface area (Å²) in [6, 6.07) is 0. The highest BCUT2D eigenvalue weighted by Crippen LogP contribution is 2.29. The molecule has 0 N–H and O–H groups in total. The molecule has 4 heteroatoms. The molecule has 106 valence electrons. The highest BCUT2D eigenvalue weighted by Gasteiger charge is 2.32. The van der Waals surface area contributed by atoms with Crippen LogP contribution in [0.15, 0.2) is 0 Å². The van der Waals surface area contributed by atoms with E-state index >= 15 is 0 Å². The van der Waals surface area contributed by atoms with Crippen LogP contribution in [0.5, 0.6) is 0 Å². The zero-order chi connectivity index (χ0) is 13.0. The first kappa shape index (κ1) is 14.8. The Morgan fingerprint density at radius 3 is 2.56 bits per heavy atom. The summed E-state index contributed by atoms with van der Waals surface area (Å²) < 4.78 is 6.10. The molecular formula is C14H27BrN2O. The van der Waals surface area contributed by atoms with Crippen LogP contribution in [0, 0.1) is 0 Å².